The van der Waals surface area contributed by atoms with Crippen LogP contribution in [0.5, 0.6) is 0 Å². The van der Waals surface area contributed by atoms with E-state index in [-0.39, 0.29) is 12.6 Å². The number of benzene rings is 1. The van der Waals surface area contributed by atoms with E-state index in [1.165, 1.54) is 0 Å². The fourth-order valence-corrected chi connectivity index (χ4v) is 1.44. The SMILES string of the molecule is Cc1cc(Cl)ccc1NC(=O)NCCCO. The maximum Gasteiger partial charge on any atom is 0.319 e. The summed E-state index contributed by atoms with van der Waals surface area (Å²) >= 11 is 5.80. The van der Waals surface area contributed by atoms with Gasteiger partial charge in [0.15, 0.2) is 0 Å². The number of carbonyl (C=O) groups is 1. The molecular weight excluding hydrogens is 228 g/mol. The van der Waals surface area contributed by atoms with Crippen molar-refractivity contribution in [2.24, 2.45) is 0 Å². The van der Waals surface area contributed by atoms with E-state index < -0.39 is 0 Å². The van der Waals surface area contributed by atoms with Crippen molar-refractivity contribution in [3.63, 3.8) is 0 Å². The second kappa shape index (κ2) is 6.35. The van der Waals surface area contributed by atoms with Crippen molar-refractivity contribution >= 4 is 23.3 Å². The molecule has 5 heteroatoms. The third-order valence-electron chi connectivity index (χ3n) is 2.06. The fraction of sp³-hybridized carbons (Fsp3) is 0.364. The molecule has 0 saturated carbocycles. The number of aryl methyl sites for hydroxylation is 1. The smallest absolute Gasteiger partial charge is 0.319 e. The zero-order valence-corrected chi connectivity index (χ0v) is 9.84. The number of anilines is 1. The number of nitrogens with one attached hydrogen (secondary N) is 2. The summed E-state index contributed by atoms with van der Waals surface area (Å²) in [5.41, 5.74) is 1.63. The van der Waals surface area contributed by atoms with E-state index in [0.717, 1.165) is 11.3 Å². The highest BCUT2D eigenvalue weighted by Crippen LogP contribution is 2.19. The van der Waals surface area contributed by atoms with Crippen molar-refractivity contribution in [3.05, 3.63) is 28.8 Å². The number of hydrogen-bond acceptors (Lipinski definition) is 2. The molecular formula is C11H15ClN2O2. The first kappa shape index (κ1) is 12.8. The Kier molecular flexibility index (Phi) is 5.08. The molecule has 1 aromatic carbocycles. The number of carbonyl (C=O) groups excluding carboxylic acids is 1. The molecule has 0 bridgehead atoms. The van der Waals surface area contributed by atoms with Crippen LogP contribution in [0, 0.1) is 6.92 Å². The van der Waals surface area contributed by atoms with Crippen LogP contribution >= 0.6 is 11.6 Å². The summed E-state index contributed by atoms with van der Waals surface area (Å²) in [6, 6.07) is 4.98. The molecule has 0 aliphatic heterocycles. The summed E-state index contributed by atoms with van der Waals surface area (Å²) in [4.78, 5) is 11.4. The van der Waals surface area contributed by atoms with Crippen LogP contribution < -0.4 is 10.6 Å². The number of amides is 2. The van der Waals surface area contributed by atoms with Gasteiger partial charge >= 0.3 is 6.03 Å². The number of halogens is 1. The van der Waals surface area contributed by atoms with Crippen molar-refractivity contribution in [3.8, 4) is 0 Å². The number of aliphatic hydroxyl groups excluding tert-OH is 1. The number of aliphatic hydroxyl groups is 1. The largest absolute Gasteiger partial charge is 0.396 e. The van der Waals surface area contributed by atoms with Crippen LogP contribution in [0.2, 0.25) is 5.02 Å². The molecule has 0 heterocycles. The average Bonchev–Trinajstić information content (AvgIpc) is 2.23. The van der Waals surface area contributed by atoms with Crippen LogP contribution in [0.3, 0.4) is 0 Å². The molecule has 0 aromatic heterocycles. The van der Waals surface area contributed by atoms with Gasteiger partial charge in [0.1, 0.15) is 0 Å². The lowest BCUT2D eigenvalue weighted by molar-refractivity contribution is 0.249. The molecule has 4 nitrogen and oxygen atoms in total. The summed E-state index contributed by atoms with van der Waals surface area (Å²) in [6.07, 6.45) is 0.549. The second-order valence-corrected chi connectivity index (χ2v) is 3.85. The molecule has 3 N–H and O–H groups in total. The molecule has 1 rings (SSSR count). The molecule has 0 fully saturated rings. The summed E-state index contributed by atoms with van der Waals surface area (Å²) < 4.78 is 0. The Morgan fingerprint density at radius 2 is 2.25 bits per heavy atom. The second-order valence-electron chi connectivity index (χ2n) is 3.42. The highest BCUT2D eigenvalue weighted by Gasteiger charge is 2.03. The van der Waals surface area contributed by atoms with Gasteiger partial charge < -0.3 is 15.7 Å². The van der Waals surface area contributed by atoms with Gasteiger partial charge in [0.25, 0.3) is 0 Å². The molecule has 0 aliphatic carbocycles. The first-order valence-electron chi connectivity index (χ1n) is 5.05. The van der Waals surface area contributed by atoms with E-state index in [0.29, 0.717) is 18.0 Å². The number of urea groups is 1. The van der Waals surface area contributed by atoms with E-state index in [2.05, 4.69) is 10.6 Å². The standard InChI is InChI=1S/C11H15ClN2O2/c1-8-7-9(12)3-4-10(8)14-11(16)13-5-2-6-15/h3-4,7,15H,2,5-6H2,1H3,(H2,13,14,16). The molecule has 88 valence electrons. The Balaban J connectivity index is 2.49. The van der Waals surface area contributed by atoms with Gasteiger partial charge in [-0.25, -0.2) is 4.79 Å². The molecule has 0 spiro atoms. The zero-order chi connectivity index (χ0) is 12.0. The zero-order valence-electron chi connectivity index (χ0n) is 9.09. The maximum atomic E-state index is 11.4. The molecule has 0 saturated heterocycles. The average molecular weight is 243 g/mol. The predicted molar refractivity (Wildman–Crippen MR) is 64.9 cm³/mol. The van der Waals surface area contributed by atoms with Crippen molar-refractivity contribution in [2.75, 3.05) is 18.5 Å². The molecule has 0 aliphatic rings. The normalized spacial score (nSPS) is 9.94. The van der Waals surface area contributed by atoms with Gasteiger partial charge in [0, 0.05) is 23.9 Å². The summed E-state index contributed by atoms with van der Waals surface area (Å²) in [5.74, 6) is 0. The van der Waals surface area contributed by atoms with Gasteiger partial charge in [-0.05, 0) is 37.1 Å². The molecule has 0 atom stereocenters. The van der Waals surface area contributed by atoms with Gasteiger partial charge in [-0.1, -0.05) is 11.6 Å². The molecule has 1 aromatic rings. The minimum absolute atomic E-state index is 0.0697. The highest BCUT2D eigenvalue weighted by atomic mass is 35.5. The highest BCUT2D eigenvalue weighted by molar-refractivity contribution is 6.30. The van der Waals surface area contributed by atoms with E-state index in [9.17, 15) is 4.79 Å². The molecule has 0 radical (unpaired) electrons. The Morgan fingerprint density at radius 3 is 2.88 bits per heavy atom. The lowest BCUT2D eigenvalue weighted by Crippen LogP contribution is -2.30. The van der Waals surface area contributed by atoms with Gasteiger partial charge in [-0.3, -0.25) is 0 Å². The summed E-state index contributed by atoms with van der Waals surface area (Å²) in [5, 5.41) is 14.5. The van der Waals surface area contributed by atoms with Crippen LogP contribution in [0.1, 0.15) is 12.0 Å². The topological polar surface area (TPSA) is 61.4 Å². The minimum Gasteiger partial charge on any atom is -0.396 e. The summed E-state index contributed by atoms with van der Waals surface area (Å²) in [7, 11) is 0. The van der Waals surface area contributed by atoms with Gasteiger partial charge in [0.2, 0.25) is 0 Å². The molecule has 16 heavy (non-hydrogen) atoms. The number of hydrogen-bond donors (Lipinski definition) is 3. The lowest BCUT2D eigenvalue weighted by Gasteiger charge is -2.09. The van der Waals surface area contributed by atoms with Crippen molar-refractivity contribution in [1.82, 2.24) is 5.32 Å². The Hall–Kier alpha value is -1.26. The van der Waals surface area contributed by atoms with E-state index in [1.807, 2.05) is 6.92 Å². The first-order valence-corrected chi connectivity index (χ1v) is 5.43. The fourth-order valence-electron chi connectivity index (χ4n) is 1.21. The van der Waals surface area contributed by atoms with Crippen molar-refractivity contribution in [2.45, 2.75) is 13.3 Å². The Morgan fingerprint density at radius 1 is 1.50 bits per heavy atom. The Labute approximate surface area is 99.6 Å². The molecule has 0 unspecified atom stereocenters. The summed E-state index contributed by atoms with van der Waals surface area (Å²) in [6.45, 7) is 2.39. The van der Waals surface area contributed by atoms with Crippen LogP contribution in [0.4, 0.5) is 10.5 Å². The van der Waals surface area contributed by atoms with Crippen LogP contribution in [0.15, 0.2) is 18.2 Å². The van der Waals surface area contributed by atoms with E-state index in [4.69, 9.17) is 16.7 Å². The van der Waals surface area contributed by atoms with E-state index in [1.54, 1.807) is 18.2 Å². The van der Waals surface area contributed by atoms with Crippen molar-refractivity contribution in [1.29, 1.82) is 0 Å². The Bertz CT molecular complexity index is 369. The predicted octanol–water partition coefficient (Wildman–Crippen LogP) is 2.15. The first-order chi connectivity index (χ1) is 7.63. The third kappa shape index (κ3) is 4.08. The minimum atomic E-state index is -0.279. The molecule has 2 amide bonds. The quantitative estimate of drug-likeness (QED) is 0.709. The number of rotatable bonds is 4. The van der Waals surface area contributed by atoms with Gasteiger partial charge in [-0.2, -0.15) is 0 Å². The monoisotopic (exact) mass is 242 g/mol. The van der Waals surface area contributed by atoms with Gasteiger partial charge in [0.05, 0.1) is 0 Å². The third-order valence-corrected chi connectivity index (χ3v) is 2.29. The van der Waals surface area contributed by atoms with Crippen LogP contribution in [-0.2, 0) is 0 Å². The van der Waals surface area contributed by atoms with E-state index >= 15 is 0 Å². The van der Waals surface area contributed by atoms with Crippen LogP contribution in [0.25, 0.3) is 0 Å². The van der Waals surface area contributed by atoms with Crippen molar-refractivity contribution < 1.29 is 9.90 Å². The van der Waals surface area contributed by atoms with Gasteiger partial charge in [-0.15, -0.1) is 0 Å². The van der Waals surface area contributed by atoms with Crippen LogP contribution in [-0.4, -0.2) is 24.3 Å². The lowest BCUT2D eigenvalue weighted by atomic mass is 10.2. The maximum absolute atomic E-state index is 11.4.